The van der Waals surface area contributed by atoms with Gasteiger partial charge in [-0.05, 0) is 0 Å². The molecule has 0 amide bonds. The van der Waals surface area contributed by atoms with Crippen molar-refractivity contribution in [2.75, 3.05) is 18.9 Å². The highest BCUT2D eigenvalue weighted by molar-refractivity contribution is 7.90. The summed E-state index contributed by atoms with van der Waals surface area (Å²) < 4.78 is 27.2. The molecule has 0 saturated carbocycles. The van der Waals surface area contributed by atoms with E-state index in [0.717, 1.165) is 7.11 Å². The molecule has 0 rings (SSSR count). The van der Waals surface area contributed by atoms with Crippen LogP contribution in [-0.4, -0.2) is 33.3 Å². The summed E-state index contributed by atoms with van der Waals surface area (Å²) in [5.41, 5.74) is 0. The van der Waals surface area contributed by atoms with Crippen molar-refractivity contribution in [2.45, 2.75) is 0 Å². The molecule has 0 bridgehead atoms. The largest absolute Gasteiger partial charge is 0.468 e. The van der Waals surface area contributed by atoms with Gasteiger partial charge in [-0.15, -0.1) is 11.6 Å². The highest BCUT2D eigenvalue weighted by Crippen LogP contribution is 1.86. The molecule has 0 aliphatic heterocycles. The van der Waals surface area contributed by atoms with E-state index in [9.17, 15) is 13.2 Å². The van der Waals surface area contributed by atoms with Crippen molar-refractivity contribution in [3.63, 3.8) is 0 Å². The van der Waals surface area contributed by atoms with E-state index in [2.05, 4.69) is 4.74 Å². The average molecular weight is 202 g/mol. The molecule has 0 aromatic carbocycles. The molecule has 11 heavy (non-hydrogen) atoms. The van der Waals surface area contributed by atoms with Gasteiger partial charge in [0.1, 0.15) is 11.8 Å². The predicted molar refractivity (Wildman–Crippen MR) is 39.7 cm³/mol. The number of esters is 1. The van der Waals surface area contributed by atoms with E-state index in [1.165, 1.54) is 0 Å². The number of ether oxygens (including phenoxy) is 1. The zero-order chi connectivity index (χ0) is 8.91. The van der Waals surface area contributed by atoms with Crippen LogP contribution in [-0.2, 0) is 19.6 Å². The minimum Gasteiger partial charge on any atom is -0.468 e. The van der Waals surface area contributed by atoms with Crippen molar-refractivity contribution in [2.24, 2.45) is 0 Å². The van der Waals surface area contributed by atoms with E-state index in [4.69, 9.17) is 11.6 Å². The third-order valence-corrected chi connectivity index (χ3v) is 2.54. The number of carbonyl (C=O) groups is 1. The van der Waals surface area contributed by atoms with Crippen molar-refractivity contribution in [3.05, 3.63) is 0 Å². The predicted octanol–water partition coefficient (Wildman–Crippen LogP) is -0.725. The maximum Gasteiger partial charge on any atom is 0.320 e. The Labute approximate surface area is 69.7 Å². The lowest BCUT2D eigenvalue weighted by molar-refractivity contribution is -0.139. The summed E-state index contributed by atoms with van der Waals surface area (Å²) in [7, 11) is -2.35. The van der Waals surface area contributed by atoms with Crippen LogP contribution in [0.2, 0.25) is 0 Å². The van der Waals surface area contributed by atoms with Gasteiger partial charge in [-0.2, -0.15) is 0 Å². The van der Waals surface area contributed by atoms with E-state index in [-0.39, 0.29) is 6.54 Å². The maximum absolute atomic E-state index is 10.6. The molecule has 0 aromatic heterocycles. The fraction of sp³-hybridized carbons (Fsp3) is 0.750. The summed E-state index contributed by atoms with van der Waals surface area (Å²) in [5, 5.41) is -0.565. The SMILES string of the molecule is COC(=O)CNS(=O)(=O)CCl. The fourth-order valence-electron chi connectivity index (χ4n) is 0.280. The Kier molecular flexibility index (Phi) is 4.39. The second-order valence-electron chi connectivity index (χ2n) is 1.62. The molecule has 0 atom stereocenters. The molecule has 0 saturated heterocycles. The Morgan fingerprint density at radius 2 is 2.18 bits per heavy atom. The van der Waals surface area contributed by atoms with Gasteiger partial charge >= 0.3 is 5.97 Å². The third kappa shape index (κ3) is 5.00. The van der Waals surface area contributed by atoms with Crippen molar-refractivity contribution in [1.29, 1.82) is 0 Å². The van der Waals surface area contributed by atoms with Gasteiger partial charge in [0.05, 0.1) is 7.11 Å². The summed E-state index contributed by atoms with van der Waals surface area (Å²) in [4.78, 5) is 10.4. The molecule has 0 heterocycles. The quantitative estimate of drug-likeness (QED) is 0.481. The summed E-state index contributed by atoms with van der Waals surface area (Å²) in [6.07, 6.45) is 0. The van der Waals surface area contributed by atoms with Crippen molar-refractivity contribution in [3.8, 4) is 0 Å². The molecule has 0 unspecified atom stereocenters. The number of carbonyl (C=O) groups excluding carboxylic acids is 1. The van der Waals surface area contributed by atoms with Crippen molar-refractivity contribution >= 4 is 27.6 Å². The number of sulfonamides is 1. The number of alkyl halides is 1. The minimum atomic E-state index is -3.51. The first-order chi connectivity index (χ1) is 5.02. The van der Waals surface area contributed by atoms with Crippen molar-refractivity contribution < 1.29 is 17.9 Å². The normalized spacial score (nSPS) is 11.1. The Morgan fingerprint density at radius 1 is 1.64 bits per heavy atom. The molecule has 0 aliphatic carbocycles. The zero-order valence-corrected chi connectivity index (χ0v) is 7.41. The third-order valence-electron chi connectivity index (χ3n) is 0.808. The summed E-state index contributed by atoms with van der Waals surface area (Å²) in [5.74, 6) is -0.654. The minimum absolute atomic E-state index is 0.383. The molecule has 5 nitrogen and oxygen atoms in total. The Hall–Kier alpha value is -0.330. The Morgan fingerprint density at radius 3 is 2.55 bits per heavy atom. The maximum atomic E-state index is 10.6. The van der Waals surface area contributed by atoms with Crippen LogP contribution in [0, 0.1) is 0 Å². The van der Waals surface area contributed by atoms with Gasteiger partial charge in [-0.25, -0.2) is 13.1 Å². The van der Waals surface area contributed by atoms with Gasteiger partial charge < -0.3 is 4.74 Å². The smallest absolute Gasteiger partial charge is 0.320 e. The van der Waals surface area contributed by atoms with E-state index < -0.39 is 21.2 Å². The molecule has 0 aromatic rings. The highest BCUT2D eigenvalue weighted by Gasteiger charge is 2.09. The first-order valence-corrected chi connectivity index (χ1v) is 4.80. The summed E-state index contributed by atoms with van der Waals surface area (Å²) in [6, 6.07) is 0. The van der Waals surface area contributed by atoms with Crippen LogP contribution in [0.5, 0.6) is 0 Å². The first kappa shape index (κ1) is 10.7. The Balaban J connectivity index is 3.80. The van der Waals surface area contributed by atoms with Gasteiger partial charge in [0.25, 0.3) is 0 Å². The Bertz CT molecular complexity index is 224. The van der Waals surface area contributed by atoms with E-state index >= 15 is 0 Å². The van der Waals surface area contributed by atoms with Gasteiger partial charge in [0.15, 0.2) is 0 Å². The van der Waals surface area contributed by atoms with Gasteiger partial charge in [-0.1, -0.05) is 0 Å². The number of methoxy groups -OCH3 is 1. The van der Waals surface area contributed by atoms with Crippen LogP contribution in [0.3, 0.4) is 0 Å². The zero-order valence-electron chi connectivity index (χ0n) is 5.83. The average Bonchev–Trinajstić information content (AvgIpc) is 2.00. The molecule has 0 aliphatic rings. The summed E-state index contributed by atoms with van der Waals surface area (Å²) in [6.45, 7) is -0.383. The van der Waals surface area contributed by atoms with Crippen LogP contribution in [0.4, 0.5) is 0 Å². The number of halogens is 1. The lowest BCUT2D eigenvalue weighted by Gasteiger charge is -2.00. The van der Waals surface area contributed by atoms with Crippen LogP contribution in [0.25, 0.3) is 0 Å². The lowest BCUT2D eigenvalue weighted by atomic mass is 10.7. The number of hydrogen-bond donors (Lipinski definition) is 1. The monoisotopic (exact) mass is 201 g/mol. The van der Waals surface area contributed by atoms with Crippen LogP contribution in [0.15, 0.2) is 0 Å². The highest BCUT2D eigenvalue weighted by atomic mass is 35.5. The lowest BCUT2D eigenvalue weighted by Crippen LogP contribution is -2.30. The van der Waals surface area contributed by atoms with Crippen LogP contribution < -0.4 is 4.72 Å². The fourth-order valence-corrected chi connectivity index (χ4v) is 0.926. The van der Waals surface area contributed by atoms with E-state index in [1.54, 1.807) is 0 Å². The molecule has 1 N–H and O–H groups in total. The number of rotatable bonds is 4. The van der Waals surface area contributed by atoms with Crippen LogP contribution >= 0.6 is 11.6 Å². The van der Waals surface area contributed by atoms with E-state index in [1.807, 2.05) is 4.72 Å². The molecule has 66 valence electrons. The van der Waals surface area contributed by atoms with Gasteiger partial charge in [-0.3, -0.25) is 4.79 Å². The molecular formula is C4H8ClNO4S. The van der Waals surface area contributed by atoms with Gasteiger partial charge in [0, 0.05) is 0 Å². The molecule has 0 radical (unpaired) electrons. The second-order valence-corrected chi connectivity index (χ2v) is 4.01. The van der Waals surface area contributed by atoms with Crippen molar-refractivity contribution in [1.82, 2.24) is 4.72 Å². The van der Waals surface area contributed by atoms with Gasteiger partial charge in [0.2, 0.25) is 10.0 Å². The number of hydrogen-bond acceptors (Lipinski definition) is 4. The van der Waals surface area contributed by atoms with E-state index in [0.29, 0.717) is 0 Å². The molecule has 0 spiro atoms. The molecule has 0 fully saturated rings. The standard InChI is InChI=1S/C4H8ClNO4S/c1-10-4(7)2-6-11(8,9)3-5/h6H,2-3H2,1H3. The topological polar surface area (TPSA) is 72.5 Å². The summed E-state index contributed by atoms with van der Waals surface area (Å²) >= 11 is 5.02. The molecular weight excluding hydrogens is 194 g/mol. The number of nitrogens with one attached hydrogen (secondary N) is 1. The first-order valence-electron chi connectivity index (χ1n) is 2.62. The van der Waals surface area contributed by atoms with Crippen LogP contribution in [0.1, 0.15) is 0 Å². The second kappa shape index (κ2) is 4.53. The molecule has 7 heteroatoms.